The van der Waals surface area contributed by atoms with E-state index in [2.05, 4.69) is 47.6 Å². The van der Waals surface area contributed by atoms with Crippen LogP contribution in [0.2, 0.25) is 5.15 Å². The second-order valence-electron chi connectivity index (χ2n) is 9.16. The number of nitrogens with one attached hydrogen (secondary N) is 1. The van der Waals surface area contributed by atoms with E-state index in [4.69, 9.17) is 16.3 Å². The minimum absolute atomic E-state index is 0.1000. The molecule has 0 spiro atoms. The summed E-state index contributed by atoms with van der Waals surface area (Å²) in [6, 6.07) is 5.13. The fraction of sp³-hybridized carbons (Fsp3) is 0.455. The number of rotatable bonds is 7. The van der Waals surface area contributed by atoms with Crippen LogP contribution in [-0.4, -0.2) is 37.1 Å². The van der Waals surface area contributed by atoms with Gasteiger partial charge in [-0.3, -0.25) is 14.2 Å². The molecule has 8 nitrogen and oxygen atoms in total. The fourth-order valence-electron chi connectivity index (χ4n) is 3.89. The zero-order valence-electron chi connectivity index (χ0n) is 19.0. The normalized spacial score (nSPS) is 16.7. The third-order valence-corrected chi connectivity index (χ3v) is 8.24. The standard InChI is InChI=1S/C22H27ClN6O2S/c1-13-15(11-24-28(13)6)32-27-20(30)14-7-8-17(25-19(14)23)29-10-9-18(26-29)31-12-16-21(2,3)22(16,4)5/h7-11,16H,12H2,1-6H3,(H,27,30). The quantitative estimate of drug-likeness (QED) is 0.402. The van der Waals surface area contributed by atoms with Crippen molar-refractivity contribution in [2.45, 2.75) is 39.5 Å². The number of aromatic nitrogens is 5. The van der Waals surface area contributed by atoms with Crippen LogP contribution in [-0.2, 0) is 7.05 Å². The van der Waals surface area contributed by atoms with E-state index in [9.17, 15) is 4.79 Å². The molecule has 170 valence electrons. The van der Waals surface area contributed by atoms with Crippen molar-refractivity contribution in [1.29, 1.82) is 0 Å². The number of pyridine rings is 1. The van der Waals surface area contributed by atoms with Gasteiger partial charge in [0.2, 0.25) is 5.88 Å². The maximum absolute atomic E-state index is 12.5. The third-order valence-electron chi connectivity index (χ3n) is 7.04. The molecular formula is C22H27ClN6O2S. The van der Waals surface area contributed by atoms with Gasteiger partial charge in [0.25, 0.3) is 5.91 Å². The molecule has 1 saturated carbocycles. The van der Waals surface area contributed by atoms with Gasteiger partial charge in [-0.05, 0) is 41.8 Å². The molecule has 32 heavy (non-hydrogen) atoms. The molecule has 1 N–H and O–H groups in total. The molecule has 0 bridgehead atoms. The summed E-state index contributed by atoms with van der Waals surface area (Å²) in [6.45, 7) is 11.6. The first kappa shape index (κ1) is 22.7. The van der Waals surface area contributed by atoms with Gasteiger partial charge in [-0.2, -0.15) is 5.10 Å². The number of amides is 1. The summed E-state index contributed by atoms with van der Waals surface area (Å²) in [7, 11) is 1.85. The Kier molecular flexibility index (Phi) is 5.75. The van der Waals surface area contributed by atoms with Crippen LogP contribution in [0.4, 0.5) is 0 Å². The van der Waals surface area contributed by atoms with Gasteiger partial charge >= 0.3 is 0 Å². The van der Waals surface area contributed by atoms with Crippen molar-refractivity contribution in [3.63, 3.8) is 0 Å². The molecule has 3 aromatic rings. The molecule has 1 aliphatic rings. The molecule has 4 rings (SSSR count). The van der Waals surface area contributed by atoms with Crippen molar-refractivity contribution in [3.05, 3.63) is 47.0 Å². The summed E-state index contributed by atoms with van der Waals surface area (Å²) in [4.78, 5) is 17.7. The largest absolute Gasteiger partial charge is 0.476 e. The molecule has 3 heterocycles. The zero-order chi connectivity index (χ0) is 23.3. The Morgan fingerprint density at radius 1 is 1.25 bits per heavy atom. The van der Waals surface area contributed by atoms with Crippen LogP contribution < -0.4 is 9.46 Å². The van der Waals surface area contributed by atoms with Crippen molar-refractivity contribution < 1.29 is 9.53 Å². The zero-order valence-corrected chi connectivity index (χ0v) is 20.6. The monoisotopic (exact) mass is 474 g/mol. The van der Waals surface area contributed by atoms with E-state index >= 15 is 0 Å². The first-order valence-corrected chi connectivity index (χ1v) is 11.5. The average Bonchev–Trinajstić information content (AvgIpc) is 3.15. The highest BCUT2D eigenvalue weighted by molar-refractivity contribution is 7.98. The molecule has 1 aliphatic carbocycles. The average molecular weight is 475 g/mol. The summed E-state index contributed by atoms with van der Waals surface area (Å²) in [5.74, 6) is 1.19. The van der Waals surface area contributed by atoms with Crippen LogP contribution in [0.3, 0.4) is 0 Å². The molecule has 0 aromatic carbocycles. The second kappa shape index (κ2) is 8.12. The lowest BCUT2D eigenvalue weighted by Gasteiger charge is -2.07. The third kappa shape index (κ3) is 3.99. The van der Waals surface area contributed by atoms with Gasteiger partial charge in [0, 0.05) is 25.2 Å². The minimum Gasteiger partial charge on any atom is -0.476 e. The Labute approximate surface area is 196 Å². The Bertz CT molecular complexity index is 1160. The Morgan fingerprint density at radius 3 is 2.56 bits per heavy atom. The molecule has 10 heteroatoms. The number of carbonyl (C=O) groups is 1. The molecule has 0 unspecified atom stereocenters. The number of hydrogen-bond donors (Lipinski definition) is 1. The maximum Gasteiger partial charge on any atom is 0.264 e. The SMILES string of the molecule is Cc1c(SNC(=O)c2ccc(-n3ccc(OCC4C(C)(C)C4(C)C)n3)nc2Cl)cnn1C. The highest BCUT2D eigenvalue weighted by Crippen LogP contribution is 2.68. The molecule has 1 fully saturated rings. The van der Waals surface area contributed by atoms with Crippen molar-refractivity contribution >= 4 is 29.5 Å². The van der Waals surface area contributed by atoms with Gasteiger partial charge in [-0.15, -0.1) is 5.10 Å². The van der Waals surface area contributed by atoms with Crippen LogP contribution in [0.1, 0.15) is 43.7 Å². The highest BCUT2D eigenvalue weighted by Gasteiger charge is 2.64. The highest BCUT2D eigenvalue weighted by atomic mass is 35.5. The van der Waals surface area contributed by atoms with Crippen molar-refractivity contribution in [2.24, 2.45) is 23.8 Å². The Balaban J connectivity index is 1.39. The summed E-state index contributed by atoms with van der Waals surface area (Å²) in [5, 5.41) is 8.70. The van der Waals surface area contributed by atoms with Crippen LogP contribution in [0, 0.1) is 23.7 Å². The van der Waals surface area contributed by atoms with E-state index < -0.39 is 0 Å². The van der Waals surface area contributed by atoms with Crippen LogP contribution >= 0.6 is 23.5 Å². The molecule has 0 radical (unpaired) electrons. The fourth-order valence-corrected chi connectivity index (χ4v) is 4.81. The van der Waals surface area contributed by atoms with Gasteiger partial charge in [0.1, 0.15) is 5.15 Å². The number of hydrogen-bond acceptors (Lipinski definition) is 6. The number of halogens is 1. The van der Waals surface area contributed by atoms with Crippen LogP contribution in [0.15, 0.2) is 35.5 Å². The van der Waals surface area contributed by atoms with Crippen LogP contribution in [0.5, 0.6) is 5.88 Å². The minimum atomic E-state index is -0.332. The number of ether oxygens (including phenoxy) is 1. The van der Waals surface area contributed by atoms with E-state index in [1.807, 2.05) is 14.0 Å². The Hall–Kier alpha value is -2.52. The summed E-state index contributed by atoms with van der Waals surface area (Å²) in [6.07, 6.45) is 3.46. The second-order valence-corrected chi connectivity index (χ2v) is 10.4. The van der Waals surface area contributed by atoms with Gasteiger partial charge < -0.3 is 4.74 Å². The van der Waals surface area contributed by atoms with E-state index in [0.717, 1.165) is 10.6 Å². The van der Waals surface area contributed by atoms with E-state index in [1.54, 1.807) is 40.0 Å². The van der Waals surface area contributed by atoms with Gasteiger partial charge in [-0.1, -0.05) is 39.3 Å². The number of carbonyl (C=O) groups excluding carboxylic acids is 1. The van der Waals surface area contributed by atoms with Crippen LogP contribution in [0.25, 0.3) is 5.82 Å². The number of aryl methyl sites for hydroxylation is 1. The lowest BCUT2D eigenvalue weighted by atomic mass is 10.0. The maximum atomic E-state index is 12.5. The molecular weight excluding hydrogens is 448 g/mol. The summed E-state index contributed by atoms with van der Waals surface area (Å²) < 4.78 is 12.0. The number of nitrogens with zero attached hydrogens (tertiary/aromatic N) is 5. The summed E-state index contributed by atoms with van der Waals surface area (Å²) in [5.41, 5.74) is 1.76. The van der Waals surface area contributed by atoms with Gasteiger partial charge in [0.05, 0.1) is 29.0 Å². The molecule has 0 aliphatic heterocycles. The molecule has 3 aromatic heterocycles. The van der Waals surface area contributed by atoms with Crippen molar-refractivity contribution in [2.75, 3.05) is 6.61 Å². The first-order valence-electron chi connectivity index (χ1n) is 10.3. The molecule has 0 saturated heterocycles. The lowest BCUT2D eigenvalue weighted by molar-refractivity contribution is 0.0984. The predicted octanol–water partition coefficient (Wildman–Crippen LogP) is 4.46. The smallest absolute Gasteiger partial charge is 0.264 e. The Morgan fingerprint density at radius 2 is 1.97 bits per heavy atom. The first-order chi connectivity index (χ1) is 15.0. The molecule has 1 amide bonds. The van der Waals surface area contributed by atoms with E-state index in [1.165, 1.54) is 11.9 Å². The summed E-state index contributed by atoms with van der Waals surface area (Å²) >= 11 is 7.49. The van der Waals surface area contributed by atoms with Gasteiger partial charge in [0.15, 0.2) is 5.82 Å². The van der Waals surface area contributed by atoms with E-state index in [0.29, 0.717) is 24.2 Å². The predicted molar refractivity (Wildman–Crippen MR) is 124 cm³/mol. The van der Waals surface area contributed by atoms with Gasteiger partial charge in [-0.25, -0.2) is 9.67 Å². The van der Waals surface area contributed by atoms with Crippen molar-refractivity contribution in [1.82, 2.24) is 29.3 Å². The molecule has 0 atom stereocenters. The topological polar surface area (TPSA) is 86.9 Å². The van der Waals surface area contributed by atoms with E-state index in [-0.39, 0.29) is 27.5 Å². The lowest BCUT2D eigenvalue weighted by Crippen LogP contribution is -2.17. The van der Waals surface area contributed by atoms with Crippen molar-refractivity contribution in [3.8, 4) is 11.7 Å².